The summed E-state index contributed by atoms with van der Waals surface area (Å²) in [5.41, 5.74) is 3.56. The van der Waals surface area contributed by atoms with Gasteiger partial charge in [-0.05, 0) is 50.9 Å². The zero-order valence-corrected chi connectivity index (χ0v) is 10.2. The quantitative estimate of drug-likeness (QED) is 0.809. The lowest BCUT2D eigenvalue weighted by atomic mass is 10.1. The molecule has 16 heavy (non-hydrogen) atoms. The van der Waals surface area contributed by atoms with Gasteiger partial charge in [-0.2, -0.15) is 0 Å². The number of rotatable bonds is 3. The van der Waals surface area contributed by atoms with Gasteiger partial charge in [-0.15, -0.1) is 0 Å². The number of hydrogen-bond acceptors (Lipinski definition) is 3. The molecule has 0 bridgehead atoms. The monoisotopic (exact) mass is 219 g/mol. The van der Waals surface area contributed by atoms with Crippen LogP contribution in [-0.4, -0.2) is 24.1 Å². The highest BCUT2D eigenvalue weighted by atomic mass is 15.0. The van der Waals surface area contributed by atoms with Gasteiger partial charge in [0.25, 0.3) is 0 Å². The van der Waals surface area contributed by atoms with Gasteiger partial charge in [-0.3, -0.25) is 4.98 Å². The summed E-state index contributed by atoms with van der Waals surface area (Å²) in [7, 11) is 0. The molecule has 0 aliphatic carbocycles. The van der Waals surface area contributed by atoms with E-state index in [2.05, 4.69) is 41.6 Å². The lowest BCUT2D eigenvalue weighted by molar-refractivity contribution is 0.389. The van der Waals surface area contributed by atoms with Gasteiger partial charge in [0.2, 0.25) is 0 Å². The van der Waals surface area contributed by atoms with Crippen LogP contribution >= 0.6 is 0 Å². The van der Waals surface area contributed by atoms with E-state index in [0.29, 0.717) is 6.04 Å². The van der Waals surface area contributed by atoms with Crippen molar-refractivity contribution in [3.05, 3.63) is 29.1 Å². The smallest absolute Gasteiger partial charge is 0.0379 e. The standard InChI is InChI=1S/C13H21N3/c1-10-6-12(7-11(2)16-10)8-15-13-4-3-5-14-9-13/h6-7,13-15H,3-5,8-9H2,1-2H3/t13-/m0/s1. The van der Waals surface area contributed by atoms with Crippen LogP contribution in [0, 0.1) is 13.8 Å². The fourth-order valence-corrected chi connectivity index (χ4v) is 2.31. The summed E-state index contributed by atoms with van der Waals surface area (Å²) in [6.07, 6.45) is 2.57. The number of nitrogens with zero attached hydrogens (tertiary/aromatic N) is 1. The second kappa shape index (κ2) is 5.41. The van der Waals surface area contributed by atoms with Gasteiger partial charge in [0, 0.05) is 30.5 Å². The molecule has 1 aliphatic heterocycles. The van der Waals surface area contributed by atoms with Crippen LogP contribution in [0.4, 0.5) is 0 Å². The third kappa shape index (κ3) is 3.29. The molecule has 3 nitrogen and oxygen atoms in total. The highest BCUT2D eigenvalue weighted by molar-refractivity contribution is 5.20. The summed E-state index contributed by atoms with van der Waals surface area (Å²) in [5.74, 6) is 0. The molecular weight excluding hydrogens is 198 g/mol. The Morgan fingerprint density at radius 1 is 1.38 bits per heavy atom. The largest absolute Gasteiger partial charge is 0.315 e. The van der Waals surface area contributed by atoms with Gasteiger partial charge in [-0.1, -0.05) is 0 Å². The predicted molar refractivity (Wildman–Crippen MR) is 66.4 cm³/mol. The van der Waals surface area contributed by atoms with E-state index in [1.807, 2.05) is 0 Å². The van der Waals surface area contributed by atoms with Crippen LogP contribution in [0.1, 0.15) is 29.8 Å². The van der Waals surface area contributed by atoms with E-state index in [4.69, 9.17) is 0 Å². The lowest BCUT2D eigenvalue weighted by Crippen LogP contribution is -2.42. The summed E-state index contributed by atoms with van der Waals surface area (Å²) >= 11 is 0. The first-order valence-corrected chi connectivity index (χ1v) is 6.12. The van der Waals surface area contributed by atoms with Crippen molar-refractivity contribution in [1.29, 1.82) is 0 Å². The van der Waals surface area contributed by atoms with E-state index >= 15 is 0 Å². The fraction of sp³-hybridized carbons (Fsp3) is 0.615. The Morgan fingerprint density at radius 3 is 2.75 bits per heavy atom. The van der Waals surface area contributed by atoms with Crippen LogP contribution in [0.2, 0.25) is 0 Å². The zero-order valence-electron chi connectivity index (χ0n) is 10.2. The normalized spacial score (nSPS) is 21.0. The SMILES string of the molecule is Cc1cc(CN[C@H]2CCCNC2)cc(C)n1. The molecule has 1 aliphatic rings. The molecule has 2 heterocycles. The zero-order chi connectivity index (χ0) is 11.4. The molecule has 3 heteroatoms. The van der Waals surface area contributed by atoms with E-state index in [0.717, 1.165) is 24.5 Å². The summed E-state index contributed by atoms with van der Waals surface area (Å²) in [4.78, 5) is 4.39. The molecule has 1 fully saturated rings. The van der Waals surface area contributed by atoms with Crippen molar-refractivity contribution in [3.63, 3.8) is 0 Å². The molecule has 0 saturated carbocycles. The maximum absolute atomic E-state index is 4.39. The van der Waals surface area contributed by atoms with Crippen molar-refractivity contribution in [2.45, 2.75) is 39.3 Å². The lowest BCUT2D eigenvalue weighted by Gasteiger charge is -2.24. The molecule has 0 unspecified atom stereocenters. The van der Waals surface area contributed by atoms with Crippen molar-refractivity contribution in [2.75, 3.05) is 13.1 Å². The third-order valence-corrected chi connectivity index (χ3v) is 3.03. The minimum atomic E-state index is 0.627. The molecule has 1 saturated heterocycles. The molecule has 0 radical (unpaired) electrons. The number of aryl methyl sites for hydroxylation is 2. The van der Waals surface area contributed by atoms with Crippen LogP contribution in [0.5, 0.6) is 0 Å². The first-order valence-electron chi connectivity index (χ1n) is 6.12. The highest BCUT2D eigenvalue weighted by Crippen LogP contribution is 2.07. The van der Waals surface area contributed by atoms with Gasteiger partial charge < -0.3 is 10.6 Å². The van der Waals surface area contributed by atoms with Crippen molar-refractivity contribution in [3.8, 4) is 0 Å². The number of nitrogens with one attached hydrogen (secondary N) is 2. The van der Waals surface area contributed by atoms with Gasteiger partial charge in [0.05, 0.1) is 0 Å². The van der Waals surface area contributed by atoms with Crippen molar-refractivity contribution in [1.82, 2.24) is 15.6 Å². The van der Waals surface area contributed by atoms with Crippen LogP contribution in [0.15, 0.2) is 12.1 Å². The van der Waals surface area contributed by atoms with Crippen molar-refractivity contribution < 1.29 is 0 Å². The van der Waals surface area contributed by atoms with Crippen LogP contribution in [0.3, 0.4) is 0 Å². The Bertz CT molecular complexity index is 323. The van der Waals surface area contributed by atoms with E-state index in [1.54, 1.807) is 0 Å². The topological polar surface area (TPSA) is 37.0 Å². The third-order valence-electron chi connectivity index (χ3n) is 3.03. The van der Waals surface area contributed by atoms with E-state index in [9.17, 15) is 0 Å². The minimum Gasteiger partial charge on any atom is -0.315 e. The predicted octanol–water partition coefficient (Wildman–Crippen LogP) is 1.54. The summed E-state index contributed by atoms with van der Waals surface area (Å²) in [5, 5.41) is 7.02. The number of pyridine rings is 1. The average molecular weight is 219 g/mol. The first kappa shape index (κ1) is 11.6. The van der Waals surface area contributed by atoms with Crippen LogP contribution in [0.25, 0.3) is 0 Å². The Balaban J connectivity index is 1.88. The average Bonchev–Trinajstić information content (AvgIpc) is 2.27. The summed E-state index contributed by atoms with van der Waals surface area (Å²) in [6, 6.07) is 4.95. The number of aromatic nitrogens is 1. The molecule has 88 valence electrons. The van der Waals surface area contributed by atoms with E-state index in [1.165, 1.54) is 24.9 Å². The molecule has 1 atom stereocenters. The van der Waals surface area contributed by atoms with Crippen LogP contribution < -0.4 is 10.6 Å². The molecular formula is C13H21N3. The fourth-order valence-electron chi connectivity index (χ4n) is 2.31. The first-order chi connectivity index (χ1) is 7.74. The number of hydrogen-bond donors (Lipinski definition) is 2. The van der Waals surface area contributed by atoms with Gasteiger partial charge in [0.15, 0.2) is 0 Å². The van der Waals surface area contributed by atoms with Crippen molar-refractivity contribution >= 4 is 0 Å². The second-order valence-electron chi connectivity index (χ2n) is 4.68. The highest BCUT2D eigenvalue weighted by Gasteiger charge is 2.11. The molecule has 1 aromatic heterocycles. The second-order valence-corrected chi connectivity index (χ2v) is 4.68. The Morgan fingerprint density at radius 2 is 2.12 bits per heavy atom. The van der Waals surface area contributed by atoms with E-state index in [-0.39, 0.29) is 0 Å². The van der Waals surface area contributed by atoms with Gasteiger partial charge in [-0.25, -0.2) is 0 Å². The maximum atomic E-state index is 4.39. The maximum Gasteiger partial charge on any atom is 0.0379 e. The molecule has 2 N–H and O–H groups in total. The number of piperidine rings is 1. The molecule has 1 aromatic rings. The summed E-state index contributed by atoms with van der Waals surface area (Å²) < 4.78 is 0. The molecule has 0 spiro atoms. The van der Waals surface area contributed by atoms with Gasteiger partial charge in [0.1, 0.15) is 0 Å². The minimum absolute atomic E-state index is 0.627. The Labute approximate surface area is 97.7 Å². The molecule has 0 amide bonds. The summed E-state index contributed by atoms with van der Waals surface area (Å²) in [6.45, 7) is 7.34. The Kier molecular flexibility index (Phi) is 3.91. The molecule has 0 aromatic carbocycles. The van der Waals surface area contributed by atoms with E-state index < -0.39 is 0 Å². The Hall–Kier alpha value is -0.930. The van der Waals surface area contributed by atoms with Crippen LogP contribution in [-0.2, 0) is 6.54 Å². The van der Waals surface area contributed by atoms with Crippen molar-refractivity contribution in [2.24, 2.45) is 0 Å². The van der Waals surface area contributed by atoms with Gasteiger partial charge >= 0.3 is 0 Å². The molecule has 2 rings (SSSR count).